The van der Waals surface area contributed by atoms with E-state index in [2.05, 4.69) is 5.32 Å². The molecule has 0 aromatic heterocycles. The fourth-order valence-electron chi connectivity index (χ4n) is 1.65. The Morgan fingerprint density at radius 2 is 2.00 bits per heavy atom. The predicted octanol–water partition coefficient (Wildman–Crippen LogP) is 2.08. The number of anilines is 1. The van der Waals surface area contributed by atoms with Crippen LogP contribution in [0.4, 0.5) is 5.69 Å². The molecule has 0 saturated heterocycles. The van der Waals surface area contributed by atoms with Crippen molar-refractivity contribution >= 4 is 16.5 Å². The highest BCUT2D eigenvalue weighted by Crippen LogP contribution is 2.28. The summed E-state index contributed by atoms with van der Waals surface area (Å²) in [5, 5.41) is 23.5. The molecule has 0 aliphatic rings. The second-order valence-corrected chi connectivity index (χ2v) is 3.46. The van der Waals surface area contributed by atoms with E-state index < -0.39 is 0 Å². The van der Waals surface area contributed by atoms with Gasteiger partial charge in [0.05, 0.1) is 6.61 Å². The normalized spacial score (nSPS) is 10.5. The first kappa shape index (κ1) is 9.80. The lowest BCUT2D eigenvalue weighted by Gasteiger charge is -2.06. The van der Waals surface area contributed by atoms with Crippen LogP contribution in [0.2, 0.25) is 0 Å². The van der Waals surface area contributed by atoms with Crippen LogP contribution in [0.25, 0.3) is 10.8 Å². The lowest BCUT2D eigenvalue weighted by molar-refractivity contribution is 0.281. The van der Waals surface area contributed by atoms with Crippen LogP contribution in [0.15, 0.2) is 30.3 Å². The van der Waals surface area contributed by atoms with Crippen molar-refractivity contribution in [3.63, 3.8) is 0 Å². The first-order valence-corrected chi connectivity index (χ1v) is 4.79. The molecule has 0 heterocycles. The highest BCUT2D eigenvalue weighted by molar-refractivity contribution is 5.91. The van der Waals surface area contributed by atoms with Gasteiger partial charge in [0.1, 0.15) is 5.75 Å². The summed E-state index contributed by atoms with van der Waals surface area (Å²) in [6.07, 6.45) is 0. The second kappa shape index (κ2) is 3.79. The number of aliphatic hydroxyl groups excluding tert-OH is 1. The summed E-state index contributed by atoms with van der Waals surface area (Å²) in [5.41, 5.74) is 1.67. The van der Waals surface area contributed by atoms with Gasteiger partial charge in [0.15, 0.2) is 0 Å². The molecule has 2 aromatic rings. The van der Waals surface area contributed by atoms with Crippen LogP contribution in [0.5, 0.6) is 5.75 Å². The lowest BCUT2D eigenvalue weighted by atomic mass is 10.1. The summed E-state index contributed by atoms with van der Waals surface area (Å²) in [6.45, 7) is -0.0583. The Kier molecular flexibility index (Phi) is 2.47. The molecule has 0 saturated carbocycles. The van der Waals surface area contributed by atoms with Crippen LogP contribution in [-0.2, 0) is 6.61 Å². The number of benzene rings is 2. The van der Waals surface area contributed by atoms with Gasteiger partial charge in [0.2, 0.25) is 0 Å². The van der Waals surface area contributed by atoms with Crippen molar-refractivity contribution in [3.05, 3.63) is 35.9 Å². The average molecular weight is 203 g/mol. The van der Waals surface area contributed by atoms with Crippen LogP contribution in [0, 0.1) is 0 Å². The molecular weight excluding hydrogens is 190 g/mol. The van der Waals surface area contributed by atoms with Crippen LogP contribution in [0.1, 0.15) is 5.56 Å². The number of aliphatic hydroxyl groups is 1. The molecule has 0 aliphatic carbocycles. The summed E-state index contributed by atoms with van der Waals surface area (Å²) >= 11 is 0. The lowest BCUT2D eigenvalue weighted by Crippen LogP contribution is -1.88. The van der Waals surface area contributed by atoms with Gasteiger partial charge in [-0.25, -0.2) is 0 Å². The van der Waals surface area contributed by atoms with E-state index in [1.165, 1.54) is 0 Å². The maximum atomic E-state index is 9.76. The highest BCUT2D eigenvalue weighted by Gasteiger charge is 2.03. The van der Waals surface area contributed by atoms with Gasteiger partial charge in [-0.2, -0.15) is 0 Å². The number of rotatable bonds is 2. The Hall–Kier alpha value is -1.74. The molecule has 0 amide bonds. The van der Waals surface area contributed by atoms with Gasteiger partial charge in [-0.15, -0.1) is 0 Å². The van der Waals surface area contributed by atoms with Crippen LogP contribution in [-0.4, -0.2) is 17.3 Å². The van der Waals surface area contributed by atoms with E-state index in [-0.39, 0.29) is 12.4 Å². The largest absolute Gasteiger partial charge is 0.507 e. The summed E-state index contributed by atoms with van der Waals surface area (Å²) in [5.74, 6) is 0.202. The summed E-state index contributed by atoms with van der Waals surface area (Å²) < 4.78 is 0. The Bertz CT molecular complexity index is 494. The quantitative estimate of drug-likeness (QED) is 0.700. The highest BCUT2D eigenvalue weighted by atomic mass is 16.3. The summed E-state index contributed by atoms with van der Waals surface area (Å²) in [4.78, 5) is 0. The predicted molar refractivity (Wildman–Crippen MR) is 61.1 cm³/mol. The molecule has 78 valence electrons. The van der Waals surface area contributed by atoms with E-state index in [1.54, 1.807) is 6.07 Å². The van der Waals surface area contributed by atoms with Crippen molar-refractivity contribution in [2.24, 2.45) is 0 Å². The zero-order valence-electron chi connectivity index (χ0n) is 8.49. The van der Waals surface area contributed by atoms with E-state index >= 15 is 0 Å². The Labute approximate surface area is 88.0 Å². The fraction of sp³-hybridized carbons (Fsp3) is 0.167. The van der Waals surface area contributed by atoms with Crippen molar-refractivity contribution in [1.29, 1.82) is 0 Å². The zero-order valence-corrected chi connectivity index (χ0v) is 8.49. The van der Waals surface area contributed by atoms with Crippen molar-refractivity contribution < 1.29 is 10.2 Å². The number of fused-ring (bicyclic) bond motifs is 1. The first-order valence-electron chi connectivity index (χ1n) is 4.79. The molecular formula is C12H13NO2. The minimum absolute atomic E-state index is 0.0583. The summed E-state index contributed by atoms with van der Waals surface area (Å²) in [7, 11) is 1.83. The number of hydrogen-bond donors (Lipinski definition) is 3. The molecule has 3 N–H and O–H groups in total. The monoisotopic (exact) mass is 203 g/mol. The van der Waals surface area contributed by atoms with Crippen LogP contribution >= 0.6 is 0 Å². The maximum absolute atomic E-state index is 9.76. The van der Waals surface area contributed by atoms with Crippen LogP contribution in [0.3, 0.4) is 0 Å². The first-order chi connectivity index (χ1) is 7.24. The number of phenolic OH excluding ortho intramolecular Hbond substituents is 1. The standard InChI is InChI=1S/C12H13NO2/c1-13-10-3-2-9-4-8(7-14)5-12(15)11(9)6-10/h2-6,13-15H,7H2,1H3. The number of nitrogens with one attached hydrogen (secondary N) is 1. The fourth-order valence-corrected chi connectivity index (χ4v) is 1.65. The van der Waals surface area contributed by atoms with Gasteiger partial charge < -0.3 is 15.5 Å². The van der Waals surface area contributed by atoms with Gasteiger partial charge in [0, 0.05) is 18.1 Å². The van der Waals surface area contributed by atoms with Crippen LogP contribution < -0.4 is 5.32 Å². The van der Waals surface area contributed by atoms with Crippen molar-refractivity contribution in [3.8, 4) is 5.75 Å². The van der Waals surface area contributed by atoms with Crippen molar-refractivity contribution in [1.82, 2.24) is 0 Å². The molecule has 0 atom stereocenters. The smallest absolute Gasteiger partial charge is 0.123 e. The Morgan fingerprint density at radius 1 is 1.20 bits per heavy atom. The molecule has 0 fully saturated rings. The molecule has 2 rings (SSSR count). The summed E-state index contributed by atoms with van der Waals surface area (Å²) in [6, 6.07) is 9.19. The third-order valence-electron chi connectivity index (χ3n) is 2.46. The molecule has 3 nitrogen and oxygen atoms in total. The molecule has 0 bridgehead atoms. The Balaban J connectivity index is 2.68. The van der Waals surface area contributed by atoms with E-state index in [0.717, 1.165) is 22.0 Å². The third kappa shape index (κ3) is 1.74. The minimum Gasteiger partial charge on any atom is -0.507 e. The van der Waals surface area contributed by atoms with E-state index in [1.807, 2.05) is 31.3 Å². The van der Waals surface area contributed by atoms with Crippen molar-refractivity contribution in [2.45, 2.75) is 6.61 Å². The van der Waals surface area contributed by atoms with Gasteiger partial charge in [-0.3, -0.25) is 0 Å². The van der Waals surface area contributed by atoms with E-state index in [9.17, 15) is 5.11 Å². The number of aromatic hydroxyl groups is 1. The maximum Gasteiger partial charge on any atom is 0.123 e. The van der Waals surface area contributed by atoms with Gasteiger partial charge >= 0.3 is 0 Å². The van der Waals surface area contributed by atoms with Gasteiger partial charge in [-0.1, -0.05) is 6.07 Å². The molecule has 15 heavy (non-hydrogen) atoms. The molecule has 0 aliphatic heterocycles. The number of phenols is 1. The van der Waals surface area contributed by atoms with Crippen molar-refractivity contribution in [2.75, 3.05) is 12.4 Å². The van der Waals surface area contributed by atoms with E-state index in [0.29, 0.717) is 0 Å². The molecule has 3 heteroatoms. The second-order valence-electron chi connectivity index (χ2n) is 3.46. The third-order valence-corrected chi connectivity index (χ3v) is 2.46. The minimum atomic E-state index is -0.0583. The molecule has 0 unspecified atom stereocenters. The Morgan fingerprint density at radius 3 is 2.67 bits per heavy atom. The average Bonchev–Trinajstić information content (AvgIpc) is 2.28. The van der Waals surface area contributed by atoms with Gasteiger partial charge in [-0.05, 0) is 35.2 Å². The SMILES string of the molecule is CNc1ccc2cc(CO)cc(O)c2c1. The molecule has 0 radical (unpaired) electrons. The zero-order chi connectivity index (χ0) is 10.8. The number of hydrogen-bond acceptors (Lipinski definition) is 3. The van der Waals surface area contributed by atoms with E-state index in [4.69, 9.17) is 5.11 Å². The molecule has 2 aromatic carbocycles. The van der Waals surface area contributed by atoms with Gasteiger partial charge in [0.25, 0.3) is 0 Å². The molecule has 0 spiro atoms. The topological polar surface area (TPSA) is 52.5 Å².